The summed E-state index contributed by atoms with van der Waals surface area (Å²) in [6.07, 6.45) is 1.58. The second-order valence-electron chi connectivity index (χ2n) is 7.41. The quantitative estimate of drug-likeness (QED) is 0.527. The predicted octanol–water partition coefficient (Wildman–Crippen LogP) is 3.61. The van der Waals surface area contributed by atoms with Gasteiger partial charge in [0.2, 0.25) is 0 Å². The smallest absolute Gasteiger partial charge is 0.251 e. The zero-order valence-electron chi connectivity index (χ0n) is 16.7. The number of primary amides is 1. The molecule has 2 aromatic heterocycles. The van der Waals surface area contributed by atoms with E-state index in [1.165, 1.54) is 6.07 Å². The van der Waals surface area contributed by atoms with Gasteiger partial charge >= 0.3 is 0 Å². The van der Waals surface area contributed by atoms with Crippen molar-refractivity contribution in [3.63, 3.8) is 0 Å². The SMILES string of the molecule is Cc1nc2c(C(N)=O)cc(N3CCOCC3)cc2n1-c1ccnc2c(Cl)c(F)ccc12. The number of aryl methyl sites for hydroxylation is 1. The lowest BCUT2D eigenvalue weighted by atomic mass is 10.1. The third-order valence-electron chi connectivity index (χ3n) is 5.58. The van der Waals surface area contributed by atoms with Gasteiger partial charge in [-0.2, -0.15) is 0 Å². The van der Waals surface area contributed by atoms with Gasteiger partial charge in [-0.15, -0.1) is 0 Å². The number of benzene rings is 2. The lowest BCUT2D eigenvalue weighted by molar-refractivity contribution is 0.100. The molecule has 1 aliphatic rings. The largest absolute Gasteiger partial charge is 0.378 e. The summed E-state index contributed by atoms with van der Waals surface area (Å²) < 4.78 is 21.4. The lowest BCUT2D eigenvalue weighted by Gasteiger charge is -2.29. The van der Waals surface area contributed by atoms with Gasteiger partial charge in [0.15, 0.2) is 0 Å². The van der Waals surface area contributed by atoms with Gasteiger partial charge in [0.05, 0.1) is 35.5 Å². The Morgan fingerprint density at radius 3 is 2.71 bits per heavy atom. The summed E-state index contributed by atoms with van der Waals surface area (Å²) in [5, 5.41) is 0.641. The standard InChI is InChI=1S/C22H19ClFN5O2/c1-12-27-20-15(22(25)30)10-13(28-6-8-31-9-7-28)11-18(20)29(12)17-4-5-26-21-14(17)2-3-16(24)19(21)23/h2-5,10-11H,6-9H2,1H3,(H2,25,30). The minimum atomic E-state index is -0.547. The Hall–Kier alpha value is -3.23. The summed E-state index contributed by atoms with van der Waals surface area (Å²) in [5.74, 6) is -0.421. The van der Waals surface area contributed by atoms with Gasteiger partial charge in [0, 0.05) is 30.4 Å². The number of rotatable bonds is 3. The molecule has 0 aliphatic carbocycles. The molecule has 1 saturated heterocycles. The minimum absolute atomic E-state index is 0.0340. The van der Waals surface area contributed by atoms with Crippen LogP contribution >= 0.6 is 11.6 Å². The first-order valence-corrected chi connectivity index (χ1v) is 10.2. The zero-order chi connectivity index (χ0) is 21.7. The third kappa shape index (κ3) is 3.19. The molecule has 1 amide bonds. The number of nitrogens with zero attached hydrogens (tertiary/aromatic N) is 4. The van der Waals surface area contributed by atoms with Crippen LogP contribution in [-0.4, -0.2) is 46.7 Å². The number of amides is 1. The van der Waals surface area contributed by atoms with Crippen LogP contribution in [0.3, 0.4) is 0 Å². The molecule has 3 heterocycles. The zero-order valence-corrected chi connectivity index (χ0v) is 17.5. The summed E-state index contributed by atoms with van der Waals surface area (Å²) in [4.78, 5) is 23.3. The molecule has 0 saturated carbocycles. The van der Waals surface area contributed by atoms with Crippen LogP contribution in [0.2, 0.25) is 5.02 Å². The number of halogens is 2. The number of fused-ring (bicyclic) bond motifs is 2. The number of carbonyl (C=O) groups excluding carboxylic acids is 1. The average Bonchev–Trinajstić information content (AvgIpc) is 3.11. The number of nitrogens with two attached hydrogens (primary N) is 1. The van der Waals surface area contributed by atoms with Gasteiger partial charge in [-0.3, -0.25) is 14.3 Å². The second kappa shape index (κ2) is 7.47. The summed E-state index contributed by atoms with van der Waals surface area (Å²) in [6, 6.07) is 8.55. The van der Waals surface area contributed by atoms with Crippen molar-refractivity contribution in [3.8, 4) is 5.69 Å². The van der Waals surface area contributed by atoms with Crippen LogP contribution in [0.1, 0.15) is 16.2 Å². The molecule has 31 heavy (non-hydrogen) atoms. The molecular weight excluding hydrogens is 421 g/mol. The van der Waals surface area contributed by atoms with Crippen molar-refractivity contribution in [3.05, 3.63) is 58.8 Å². The molecule has 1 fully saturated rings. The van der Waals surface area contributed by atoms with Gasteiger partial charge in [-0.25, -0.2) is 9.37 Å². The van der Waals surface area contributed by atoms with Crippen LogP contribution in [-0.2, 0) is 4.74 Å². The molecule has 2 N–H and O–H groups in total. The molecule has 1 aliphatic heterocycles. The molecule has 0 atom stereocenters. The number of morpholine rings is 1. The van der Waals surface area contributed by atoms with Gasteiger partial charge < -0.3 is 15.4 Å². The summed E-state index contributed by atoms with van der Waals surface area (Å²) in [5.41, 5.74) is 9.26. The maximum atomic E-state index is 14.0. The van der Waals surface area contributed by atoms with E-state index in [9.17, 15) is 9.18 Å². The van der Waals surface area contributed by atoms with Gasteiger partial charge in [-0.1, -0.05) is 11.6 Å². The molecule has 9 heteroatoms. The Labute approximate surface area is 182 Å². The van der Waals surface area contributed by atoms with Crippen LogP contribution < -0.4 is 10.6 Å². The highest BCUT2D eigenvalue weighted by Gasteiger charge is 2.22. The van der Waals surface area contributed by atoms with Crippen LogP contribution in [0.25, 0.3) is 27.6 Å². The number of imidazole rings is 1. The highest BCUT2D eigenvalue weighted by Crippen LogP contribution is 2.34. The molecule has 0 bridgehead atoms. The predicted molar refractivity (Wildman–Crippen MR) is 118 cm³/mol. The summed E-state index contributed by atoms with van der Waals surface area (Å²) in [7, 11) is 0. The molecule has 7 nitrogen and oxygen atoms in total. The maximum absolute atomic E-state index is 14.0. The van der Waals surface area contributed by atoms with Gasteiger partial charge in [-0.05, 0) is 37.3 Å². The summed E-state index contributed by atoms with van der Waals surface area (Å²) in [6.45, 7) is 4.49. The minimum Gasteiger partial charge on any atom is -0.378 e. The Bertz CT molecular complexity index is 1350. The highest BCUT2D eigenvalue weighted by atomic mass is 35.5. The lowest BCUT2D eigenvalue weighted by Crippen LogP contribution is -2.36. The normalized spacial score (nSPS) is 14.5. The van der Waals surface area contributed by atoms with Crippen LogP contribution in [0, 0.1) is 12.7 Å². The number of pyridine rings is 1. The third-order valence-corrected chi connectivity index (χ3v) is 5.94. The Morgan fingerprint density at radius 1 is 1.19 bits per heavy atom. The van der Waals surface area contributed by atoms with Crippen molar-refractivity contribution >= 4 is 45.1 Å². The number of hydrogen-bond acceptors (Lipinski definition) is 5. The topological polar surface area (TPSA) is 86.3 Å². The van der Waals surface area contributed by atoms with Crippen molar-refractivity contribution in [1.82, 2.24) is 14.5 Å². The van der Waals surface area contributed by atoms with E-state index in [-0.39, 0.29) is 5.02 Å². The fourth-order valence-corrected chi connectivity index (χ4v) is 4.33. The van der Waals surface area contributed by atoms with E-state index in [4.69, 9.17) is 22.1 Å². The van der Waals surface area contributed by atoms with Crippen molar-refractivity contribution in [2.24, 2.45) is 5.73 Å². The monoisotopic (exact) mass is 439 g/mol. The Kier molecular flexibility index (Phi) is 4.75. The second-order valence-corrected chi connectivity index (χ2v) is 7.78. The molecule has 0 radical (unpaired) electrons. The molecular formula is C22H19ClFN5O2. The van der Waals surface area contributed by atoms with E-state index in [0.29, 0.717) is 54.1 Å². The van der Waals surface area contributed by atoms with Gasteiger partial charge in [0.25, 0.3) is 5.91 Å². The highest BCUT2D eigenvalue weighted by molar-refractivity contribution is 6.35. The fraction of sp³-hybridized carbons (Fsp3) is 0.227. The first kappa shape index (κ1) is 19.7. The average molecular weight is 440 g/mol. The van der Waals surface area contributed by atoms with E-state index in [2.05, 4.69) is 14.9 Å². The van der Waals surface area contributed by atoms with Crippen molar-refractivity contribution < 1.29 is 13.9 Å². The number of anilines is 1. The van der Waals surface area contributed by atoms with Crippen LogP contribution in [0.5, 0.6) is 0 Å². The number of carbonyl (C=O) groups is 1. The molecule has 0 unspecified atom stereocenters. The fourth-order valence-electron chi connectivity index (χ4n) is 4.11. The molecule has 0 spiro atoms. The van der Waals surface area contributed by atoms with Crippen molar-refractivity contribution in [2.45, 2.75) is 6.92 Å². The van der Waals surface area contributed by atoms with Crippen LogP contribution in [0.15, 0.2) is 36.5 Å². The molecule has 4 aromatic rings. The van der Waals surface area contributed by atoms with Crippen LogP contribution in [0.4, 0.5) is 10.1 Å². The van der Waals surface area contributed by atoms with E-state index in [0.717, 1.165) is 16.9 Å². The van der Waals surface area contributed by atoms with E-state index in [1.807, 2.05) is 23.6 Å². The first-order chi connectivity index (χ1) is 15.0. The number of hydrogen-bond donors (Lipinski definition) is 1. The first-order valence-electron chi connectivity index (χ1n) is 9.84. The molecule has 2 aromatic carbocycles. The maximum Gasteiger partial charge on any atom is 0.251 e. The van der Waals surface area contributed by atoms with Crippen molar-refractivity contribution in [2.75, 3.05) is 31.2 Å². The van der Waals surface area contributed by atoms with E-state index in [1.54, 1.807) is 18.3 Å². The molecule has 5 rings (SSSR count). The summed E-state index contributed by atoms with van der Waals surface area (Å²) >= 11 is 6.17. The Morgan fingerprint density at radius 2 is 1.97 bits per heavy atom. The number of aromatic nitrogens is 3. The molecule has 158 valence electrons. The van der Waals surface area contributed by atoms with E-state index < -0.39 is 11.7 Å². The van der Waals surface area contributed by atoms with Gasteiger partial charge in [0.1, 0.15) is 22.2 Å². The van der Waals surface area contributed by atoms with E-state index >= 15 is 0 Å². The number of ether oxygens (including phenoxy) is 1. The Balaban J connectivity index is 1.81. The van der Waals surface area contributed by atoms with Crippen molar-refractivity contribution in [1.29, 1.82) is 0 Å².